The van der Waals surface area contributed by atoms with Crippen molar-refractivity contribution in [3.8, 4) is 0 Å². The average molecular weight is 366 g/mol. The highest BCUT2D eigenvalue weighted by Gasteiger charge is 2.20. The Morgan fingerprint density at radius 1 is 1.56 bits per heavy atom. The minimum Gasteiger partial charge on any atom is -0.376 e. The van der Waals surface area contributed by atoms with Gasteiger partial charge in [0, 0.05) is 12.3 Å². The van der Waals surface area contributed by atoms with Crippen molar-refractivity contribution in [1.82, 2.24) is 14.8 Å². The van der Waals surface area contributed by atoms with Crippen molar-refractivity contribution in [1.29, 1.82) is 0 Å². The summed E-state index contributed by atoms with van der Waals surface area (Å²) < 4.78 is 20.3. The Kier molecular flexibility index (Phi) is 5.54. The van der Waals surface area contributed by atoms with Gasteiger partial charge in [0.25, 0.3) is 0 Å². The predicted octanol–water partition coefficient (Wildman–Crippen LogP) is 1.93. The molecule has 1 aliphatic rings. The first-order valence-electron chi connectivity index (χ1n) is 7.98. The van der Waals surface area contributed by atoms with E-state index in [2.05, 4.69) is 15.5 Å². The van der Waals surface area contributed by atoms with E-state index in [4.69, 9.17) is 4.74 Å². The molecule has 134 valence electrons. The largest absolute Gasteiger partial charge is 0.376 e. The van der Waals surface area contributed by atoms with E-state index in [0.717, 1.165) is 30.2 Å². The van der Waals surface area contributed by atoms with Gasteiger partial charge in [-0.3, -0.25) is 9.36 Å². The number of nitrogens with one attached hydrogen (secondary N) is 2. The van der Waals surface area contributed by atoms with Crippen LogP contribution in [0, 0.1) is 12.7 Å². The molecule has 0 spiro atoms. The van der Waals surface area contributed by atoms with Gasteiger partial charge in [0.2, 0.25) is 5.91 Å². The van der Waals surface area contributed by atoms with E-state index in [9.17, 15) is 14.0 Å². The summed E-state index contributed by atoms with van der Waals surface area (Å²) in [6.45, 7) is 2.91. The molecule has 7 nitrogen and oxygen atoms in total. The Morgan fingerprint density at radius 3 is 3.16 bits per heavy atom. The molecule has 0 saturated carbocycles. The number of benzene rings is 1. The number of aromatic nitrogens is 3. The second kappa shape index (κ2) is 7.83. The van der Waals surface area contributed by atoms with Crippen molar-refractivity contribution in [2.24, 2.45) is 0 Å². The molecule has 1 aromatic carbocycles. The summed E-state index contributed by atoms with van der Waals surface area (Å²) in [4.78, 5) is 24.0. The quantitative estimate of drug-likeness (QED) is 0.763. The van der Waals surface area contributed by atoms with E-state index in [1.807, 2.05) is 0 Å². The second-order valence-corrected chi connectivity index (χ2v) is 6.80. The molecule has 25 heavy (non-hydrogen) atoms. The molecule has 2 N–H and O–H groups in total. The van der Waals surface area contributed by atoms with Crippen LogP contribution in [0.5, 0.6) is 0 Å². The van der Waals surface area contributed by atoms with Crippen LogP contribution in [0.2, 0.25) is 0 Å². The number of thioether (sulfide) groups is 1. The smallest absolute Gasteiger partial charge is 0.344 e. The Labute approximate surface area is 148 Å². The van der Waals surface area contributed by atoms with Crippen LogP contribution in [0.15, 0.2) is 28.2 Å². The number of aryl methyl sites for hydroxylation is 1. The molecule has 1 atom stereocenters. The zero-order valence-electron chi connectivity index (χ0n) is 13.8. The summed E-state index contributed by atoms with van der Waals surface area (Å²) in [5.74, 6) is -0.643. The van der Waals surface area contributed by atoms with E-state index in [1.54, 1.807) is 13.0 Å². The van der Waals surface area contributed by atoms with Gasteiger partial charge >= 0.3 is 5.69 Å². The van der Waals surface area contributed by atoms with Crippen LogP contribution in [0.25, 0.3) is 0 Å². The molecule has 0 radical (unpaired) electrons. The molecular weight excluding hydrogens is 347 g/mol. The summed E-state index contributed by atoms with van der Waals surface area (Å²) in [5.41, 5.74) is 0.888. The molecule has 0 aliphatic carbocycles. The van der Waals surface area contributed by atoms with Crippen molar-refractivity contribution < 1.29 is 13.9 Å². The van der Waals surface area contributed by atoms with Gasteiger partial charge in [0.1, 0.15) is 5.82 Å². The standard InChI is InChI=1S/C16H19FN4O3S/c1-10-4-5-11(17)7-13(10)18-14(22)9-25-16-20-19-15(23)21(16)8-12-3-2-6-24-12/h4-5,7,12H,2-3,6,8-9H2,1H3,(H,18,22)(H,19,23)/t12-/m1/s1. The molecule has 1 fully saturated rings. The van der Waals surface area contributed by atoms with Crippen LogP contribution in [-0.2, 0) is 16.1 Å². The molecule has 2 aromatic rings. The molecule has 1 amide bonds. The molecule has 2 heterocycles. The zero-order valence-corrected chi connectivity index (χ0v) is 14.6. The Morgan fingerprint density at radius 2 is 2.40 bits per heavy atom. The normalized spacial score (nSPS) is 17.0. The fourth-order valence-electron chi connectivity index (χ4n) is 2.61. The fourth-order valence-corrected chi connectivity index (χ4v) is 3.37. The Hall–Kier alpha value is -2.13. The third-order valence-electron chi connectivity index (χ3n) is 3.94. The third-order valence-corrected chi connectivity index (χ3v) is 4.92. The monoisotopic (exact) mass is 366 g/mol. The van der Waals surface area contributed by atoms with Crippen LogP contribution >= 0.6 is 11.8 Å². The summed E-state index contributed by atoms with van der Waals surface area (Å²) in [5, 5.41) is 9.47. The summed E-state index contributed by atoms with van der Waals surface area (Å²) in [6.07, 6.45) is 1.88. The summed E-state index contributed by atoms with van der Waals surface area (Å²) >= 11 is 1.15. The number of nitrogens with zero attached hydrogens (tertiary/aromatic N) is 2. The fraction of sp³-hybridized carbons (Fsp3) is 0.438. The van der Waals surface area contributed by atoms with Crippen molar-refractivity contribution in [2.75, 3.05) is 17.7 Å². The minimum atomic E-state index is -0.411. The summed E-state index contributed by atoms with van der Waals surface area (Å²) in [7, 11) is 0. The van der Waals surface area contributed by atoms with Gasteiger partial charge in [-0.15, -0.1) is 5.10 Å². The molecule has 9 heteroatoms. The topological polar surface area (TPSA) is 89.0 Å². The highest BCUT2D eigenvalue weighted by atomic mass is 32.2. The molecular formula is C16H19FN4O3S. The maximum absolute atomic E-state index is 13.3. The van der Waals surface area contributed by atoms with Crippen molar-refractivity contribution in [3.05, 3.63) is 40.1 Å². The number of ether oxygens (including phenoxy) is 1. The lowest BCUT2D eigenvalue weighted by Gasteiger charge is -2.11. The number of hydrogen-bond donors (Lipinski definition) is 2. The Balaban J connectivity index is 1.60. The number of rotatable bonds is 6. The van der Waals surface area contributed by atoms with Gasteiger partial charge in [0.15, 0.2) is 5.16 Å². The molecule has 0 unspecified atom stereocenters. The second-order valence-electron chi connectivity index (χ2n) is 5.85. The predicted molar refractivity (Wildman–Crippen MR) is 92.3 cm³/mol. The molecule has 1 aromatic heterocycles. The van der Waals surface area contributed by atoms with Gasteiger partial charge in [0.05, 0.1) is 18.4 Å². The molecule has 1 saturated heterocycles. The number of carbonyl (C=O) groups excluding carboxylic acids is 1. The van der Waals surface area contributed by atoms with E-state index in [0.29, 0.717) is 24.0 Å². The van der Waals surface area contributed by atoms with E-state index >= 15 is 0 Å². The molecule has 3 rings (SSSR count). The van der Waals surface area contributed by atoms with E-state index in [1.165, 1.54) is 16.7 Å². The van der Waals surface area contributed by atoms with Gasteiger partial charge < -0.3 is 10.1 Å². The van der Waals surface area contributed by atoms with Gasteiger partial charge in [-0.1, -0.05) is 17.8 Å². The van der Waals surface area contributed by atoms with E-state index < -0.39 is 5.82 Å². The van der Waals surface area contributed by atoms with Gasteiger partial charge in [-0.05, 0) is 37.5 Å². The lowest BCUT2D eigenvalue weighted by molar-refractivity contribution is -0.113. The minimum absolute atomic E-state index is 0.00146. The lowest BCUT2D eigenvalue weighted by atomic mass is 10.2. The number of hydrogen-bond acceptors (Lipinski definition) is 5. The van der Waals surface area contributed by atoms with Gasteiger partial charge in [-0.25, -0.2) is 14.3 Å². The van der Waals surface area contributed by atoms with Crippen molar-refractivity contribution in [3.63, 3.8) is 0 Å². The third kappa shape index (κ3) is 4.49. The number of H-pyrrole nitrogens is 1. The molecule has 0 bridgehead atoms. The number of aromatic amines is 1. The van der Waals surface area contributed by atoms with Crippen LogP contribution in [-0.4, -0.2) is 39.1 Å². The van der Waals surface area contributed by atoms with Crippen LogP contribution < -0.4 is 11.0 Å². The van der Waals surface area contributed by atoms with Crippen molar-refractivity contribution in [2.45, 2.75) is 37.6 Å². The SMILES string of the molecule is Cc1ccc(F)cc1NC(=O)CSc1n[nH]c(=O)n1C[C@H]1CCCO1. The number of anilines is 1. The van der Waals surface area contributed by atoms with Crippen molar-refractivity contribution >= 4 is 23.4 Å². The summed E-state index contributed by atoms with van der Waals surface area (Å²) in [6, 6.07) is 4.22. The van der Waals surface area contributed by atoms with Crippen LogP contribution in [0.4, 0.5) is 10.1 Å². The Bertz CT molecular complexity index is 814. The molecule has 1 aliphatic heterocycles. The van der Waals surface area contributed by atoms with Crippen LogP contribution in [0.3, 0.4) is 0 Å². The highest BCUT2D eigenvalue weighted by Crippen LogP contribution is 2.20. The average Bonchev–Trinajstić information content (AvgIpc) is 3.21. The zero-order chi connectivity index (χ0) is 17.8. The number of halogens is 1. The van der Waals surface area contributed by atoms with Crippen LogP contribution in [0.1, 0.15) is 18.4 Å². The number of carbonyl (C=O) groups is 1. The maximum atomic E-state index is 13.3. The van der Waals surface area contributed by atoms with E-state index in [-0.39, 0.29) is 23.5 Å². The lowest BCUT2D eigenvalue weighted by Crippen LogP contribution is -2.25. The number of amides is 1. The highest BCUT2D eigenvalue weighted by molar-refractivity contribution is 7.99. The maximum Gasteiger partial charge on any atom is 0.344 e. The first-order chi connectivity index (χ1) is 12.0. The first kappa shape index (κ1) is 17.7. The first-order valence-corrected chi connectivity index (χ1v) is 8.97. The van der Waals surface area contributed by atoms with Gasteiger partial charge in [-0.2, -0.15) is 0 Å².